The van der Waals surface area contributed by atoms with Crippen LogP contribution in [0.4, 0.5) is 0 Å². The standard InChI is InChI=1S/C7H13NOS/c1-8(2)7(9)6-3-4-10-5-6/h6H,3-5H2,1-2H3. The molecule has 1 saturated heterocycles. The first-order valence-electron chi connectivity index (χ1n) is 3.50. The molecule has 2 nitrogen and oxygen atoms in total. The van der Waals surface area contributed by atoms with Gasteiger partial charge >= 0.3 is 0 Å². The number of hydrogen-bond acceptors (Lipinski definition) is 2. The van der Waals surface area contributed by atoms with E-state index in [1.54, 1.807) is 4.90 Å². The molecule has 58 valence electrons. The summed E-state index contributed by atoms with van der Waals surface area (Å²) in [4.78, 5) is 12.9. The van der Waals surface area contributed by atoms with Gasteiger partial charge in [-0.3, -0.25) is 4.79 Å². The van der Waals surface area contributed by atoms with Crippen molar-refractivity contribution >= 4 is 17.7 Å². The van der Waals surface area contributed by atoms with Crippen molar-refractivity contribution in [1.82, 2.24) is 4.90 Å². The molecule has 0 aromatic carbocycles. The van der Waals surface area contributed by atoms with Crippen LogP contribution >= 0.6 is 11.8 Å². The van der Waals surface area contributed by atoms with Gasteiger partial charge in [0.2, 0.25) is 5.91 Å². The van der Waals surface area contributed by atoms with E-state index in [9.17, 15) is 4.79 Å². The van der Waals surface area contributed by atoms with Gasteiger partial charge in [0.15, 0.2) is 0 Å². The minimum absolute atomic E-state index is 0.296. The summed E-state index contributed by atoms with van der Waals surface area (Å²) in [5.74, 6) is 2.78. The number of rotatable bonds is 1. The highest BCUT2D eigenvalue weighted by Crippen LogP contribution is 2.24. The van der Waals surface area contributed by atoms with Gasteiger partial charge < -0.3 is 4.90 Å². The number of thioether (sulfide) groups is 1. The van der Waals surface area contributed by atoms with Crippen LogP contribution in [0.1, 0.15) is 6.42 Å². The highest BCUT2D eigenvalue weighted by Gasteiger charge is 2.23. The van der Waals surface area contributed by atoms with Crippen molar-refractivity contribution in [2.45, 2.75) is 6.42 Å². The molecular weight excluding hydrogens is 146 g/mol. The van der Waals surface area contributed by atoms with Crippen LogP contribution in [0.2, 0.25) is 0 Å². The fourth-order valence-corrected chi connectivity index (χ4v) is 2.31. The maximum Gasteiger partial charge on any atom is 0.226 e. The van der Waals surface area contributed by atoms with Gasteiger partial charge in [0.05, 0.1) is 0 Å². The van der Waals surface area contributed by atoms with Gasteiger partial charge in [-0.15, -0.1) is 0 Å². The lowest BCUT2D eigenvalue weighted by atomic mass is 10.1. The van der Waals surface area contributed by atoms with Crippen LogP contribution in [0.25, 0.3) is 0 Å². The molecule has 1 fully saturated rings. The van der Waals surface area contributed by atoms with Gasteiger partial charge in [-0.05, 0) is 12.2 Å². The van der Waals surface area contributed by atoms with Crippen LogP contribution in [0.3, 0.4) is 0 Å². The second kappa shape index (κ2) is 3.28. The van der Waals surface area contributed by atoms with E-state index in [-0.39, 0.29) is 0 Å². The van der Waals surface area contributed by atoms with Gasteiger partial charge in [-0.2, -0.15) is 11.8 Å². The number of nitrogens with zero attached hydrogens (tertiary/aromatic N) is 1. The van der Waals surface area contributed by atoms with Crippen molar-refractivity contribution in [2.24, 2.45) is 5.92 Å². The molecule has 1 amide bonds. The molecule has 3 heteroatoms. The first-order chi connectivity index (χ1) is 4.72. The Bertz CT molecular complexity index is 130. The maximum absolute atomic E-state index is 11.3. The molecule has 0 aliphatic carbocycles. The maximum atomic E-state index is 11.3. The average Bonchev–Trinajstić information content (AvgIpc) is 2.36. The molecule has 0 N–H and O–H groups in total. The van der Waals surface area contributed by atoms with Crippen LogP contribution in [-0.4, -0.2) is 36.4 Å². The summed E-state index contributed by atoms with van der Waals surface area (Å²) in [6, 6.07) is 0. The van der Waals surface area contributed by atoms with Gasteiger partial charge in [0.25, 0.3) is 0 Å². The monoisotopic (exact) mass is 159 g/mol. The van der Waals surface area contributed by atoms with Gasteiger partial charge in [-0.1, -0.05) is 0 Å². The summed E-state index contributed by atoms with van der Waals surface area (Å²) >= 11 is 1.88. The van der Waals surface area contributed by atoms with Crippen LogP contribution in [0.5, 0.6) is 0 Å². The molecule has 1 aliphatic rings. The first-order valence-corrected chi connectivity index (χ1v) is 4.66. The lowest BCUT2D eigenvalue weighted by molar-refractivity contribution is -0.132. The number of amides is 1. The lowest BCUT2D eigenvalue weighted by Crippen LogP contribution is -2.29. The van der Waals surface area contributed by atoms with E-state index in [1.807, 2.05) is 25.9 Å². The summed E-state index contributed by atoms with van der Waals surface area (Å²) in [6.45, 7) is 0. The van der Waals surface area contributed by atoms with E-state index in [0.29, 0.717) is 11.8 Å². The Labute approximate surface area is 66.0 Å². The minimum Gasteiger partial charge on any atom is -0.349 e. The Kier molecular flexibility index (Phi) is 2.60. The highest BCUT2D eigenvalue weighted by molar-refractivity contribution is 7.99. The van der Waals surface area contributed by atoms with Crippen LogP contribution < -0.4 is 0 Å². The largest absolute Gasteiger partial charge is 0.349 e. The molecular formula is C7H13NOS. The highest BCUT2D eigenvalue weighted by atomic mass is 32.2. The van der Waals surface area contributed by atoms with Gasteiger partial charge in [-0.25, -0.2) is 0 Å². The third-order valence-electron chi connectivity index (χ3n) is 1.72. The van der Waals surface area contributed by atoms with E-state index in [1.165, 1.54) is 0 Å². The van der Waals surface area contributed by atoms with Crippen molar-refractivity contribution < 1.29 is 4.79 Å². The third kappa shape index (κ3) is 1.66. The van der Waals surface area contributed by atoms with E-state index in [2.05, 4.69) is 0 Å². The van der Waals surface area contributed by atoms with E-state index >= 15 is 0 Å². The molecule has 0 radical (unpaired) electrons. The van der Waals surface area contributed by atoms with Gasteiger partial charge in [0, 0.05) is 25.8 Å². The van der Waals surface area contributed by atoms with Crippen molar-refractivity contribution in [3.63, 3.8) is 0 Å². The molecule has 1 aliphatic heterocycles. The zero-order valence-corrected chi connectivity index (χ0v) is 7.28. The minimum atomic E-state index is 0.296. The second-order valence-electron chi connectivity index (χ2n) is 2.79. The molecule has 0 saturated carbocycles. The van der Waals surface area contributed by atoms with Crippen LogP contribution in [0.15, 0.2) is 0 Å². The summed E-state index contributed by atoms with van der Waals surface area (Å²) < 4.78 is 0. The van der Waals surface area contributed by atoms with Gasteiger partial charge in [0.1, 0.15) is 0 Å². The molecule has 0 aromatic rings. The predicted molar refractivity (Wildman–Crippen MR) is 44.1 cm³/mol. The molecule has 1 rings (SSSR count). The number of carbonyl (C=O) groups excluding carboxylic acids is 1. The van der Waals surface area contributed by atoms with Crippen LogP contribution in [0, 0.1) is 5.92 Å². The smallest absolute Gasteiger partial charge is 0.226 e. The molecule has 0 spiro atoms. The summed E-state index contributed by atoms with van der Waals surface area (Å²) in [5, 5.41) is 0. The van der Waals surface area contributed by atoms with Crippen molar-refractivity contribution in [1.29, 1.82) is 0 Å². The molecule has 0 aromatic heterocycles. The normalized spacial score (nSPS) is 24.8. The topological polar surface area (TPSA) is 20.3 Å². The zero-order chi connectivity index (χ0) is 7.56. The fraction of sp³-hybridized carbons (Fsp3) is 0.857. The van der Waals surface area contributed by atoms with Crippen molar-refractivity contribution in [3.8, 4) is 0 Å². The Morgan fingerprint density at radius 3 is 2.70 bits per heavy atom. The fourth-order valence-electron chi connectivity index (χ4n) is 1.09. The lowest BCUT2D eigenvalue weighted by Gasteiger charge is -2.14. The van der Waals surface area contributed by atoms with E-state index in [0.717, 1.165) is 17.9 Å². The molecule has 1 unspecified atom stereocenters. The zero-order valence-electron chi connectivity index (χ0n) is 6.46. The third-order valence-corrected chi connectivity index (χ3v) is 2.88. The van der Waals surface area contributed by atoms with Crippen molar-refractivity contribution in [3.05, 3.63) is 0 Å². The Hall–Kier alpha value is -0.180. The summed E-state index contributed by atoms with van der Waals surface area (Å²) in [6.07, 6.45) is 1.07. The molecule has 10 heavy (non-hydrogen) atoms. The quantitative estimate of drug-likeness (QED) is 0.565. The first kappa shape index (κ1) is 7.92. The summed E-state index contributed by atoms with van der Waals surface area (Å²) in [7, 11) is 3.65. The molecule has 0 bridgehead atoms. The second-order valence-corrected chi connectivity index (χ2v) is 3.94. The SMILES string of the molecule is CN(C)C(=O)C1CCSC1. The Balaban J connectivity index is 2.40. The van der Waals surface area contributed by atoms with Crippen LogP contribution in [-0.2, 0) is 4.79 Å². The Morgan fingerprint density at radius 1 is 1.60 bits per heavy atom. The molecule has 1 atom stereocenters. The van der Waals surface area contributed by atoms with E-state index < -0.39 is 0 Å². The average molecular weight is 159 g/mol. The summed E-state index contributed by atoms with van der Waals surface area (Å²) in [5.41, 5.74) is 0. The Morgan fingerprint density at radius 2 is 2.30 bits per heavy atom. The molecule has 1 heterocycles. The number of hydrogen-bond donors (Lipinski definition) is 0. The predicted octanol–water partition coefficient (Wildman–Crippen LogP) is 0.828. The van der Waals surface area contributed by atoms with E-state index in [4.69, 9.17) is 0 Å². The van der Waals surface area contributed by atoms with Crippen molar-refractivity contribution in [2.75, 3.05) is 25.6 Å². The number of carbonyl (C=O) groups is 1.